The van der Waals surface area contributed by atoms with Gasteiger partial charge in [-0.2, -0.15) is 11.3 Å². The van der Waals surface area contributed by atoms with Crippen molar-refractivity contribution in [3.05, 3.63) is 29.4 Å². The van der Waals surface area contributed by atoms with Gasteiger partial charge in [0.1, 0.15) is 0 Å². The van der Waals surface area contributed by atoms with Crippen molar-refractivity contribution in [2.45, 2.75) is 0 Å². The summed E-state index contributed by atoms with van der Waals surface area (Å²) in [5.41, 5.74) is 3.36. The minimum absolute atomic E-state index is 0.656. The van der Waals surface area contributed by atoms with Crippen LogP contribution in [0.4, 0.5) is 0 Å². The molecule has 0 aliphatic rings. The van der Waals surface area contributed by atoms with Crippen LogP contribution >= 0.6 is 11.3 Å². The van der Waals surface area contributed by atoms with Crippen molar-refractivity contribution in [2.24, 2.45) is 0 Å². The van der Waals surface area contributed by atoms with Gasteiger partial charge in [-0.05, 0) is 11.4 Å². The molecule has 3 rings (SSSR count). The summed E-state index contributed by atoms with van der Waals surface area (Å²) in [6.45, 7) is 0. The highest BCUT2D eigenvalue weighted by Gasteiger charge is 2.03. The summed E-state index contributed by atoms with van der Waals surface area (Å²) in [5, 5.41) is 4.07. The van der Waals surface area contributed by atoms with Gasteiger partial charge in [0.25, 0.3) is 0 Å². The third kappa shape index (κ3) is 1.10. The van der Waals surface area contributed by atoms with E-state index in [4.69, 9.17) is 0 Å². The summed E-state index contributed by atoms with van der Waals surface area (Å²) in [6, 6.07) is 2.02. The smallest absolute Gasteiger partial charge is 0.197 e. The summed E-state index contributed by atoms with van der Waals surface area (Å²) in [5.74, 6) is 0. The Morgan fingerprint density at radius 1 is 1.29 bits per heavy atom. The zero-order valence-corrected chi connectivity index (χ0v) is 7.95. The molecule has 14 heavy (non-hydrogen) atoms. The second-order valence-electron chi connectivity index (χ2n) is 2.84. The van der Waals surface area contributed by atoms with Crippen LogP contribution in [-0.4, -0.2) is 19.9 Å². The Morgan fingerprint density at radius 2 is 2.29 bits per heavy atom. The van der Waals surface area contributed by atoms with Crippen LogP contribution in [0.25, 0.3) is 22.6 Å². The zero-order valence-electron chi connectivity index (χ0n) is 7.14. The average Bonchev–Trinajstić information content (AvgIpc) is 2.88. The van der Waals surface area contributed by atoms with Crippen molar-refractivity contribution in [2.75, 3.05) is 0 Å². The molecule has 3 aromatic heterocycles. The summed E-state index contributed by atoms with van der Waals surface area (Å²) in [6.07, 6.45) is 3.34. The quantitative estimate of drug-likeness (QED) is 0.657. The number of rotatable bonds is 1. The molecule has 0 amide bonds. The Kier molecular flexibility index (Phi) is 1.57. The first-order valence-corrected chi connectivity index (χ1v) is 5.06. The molecule has 0 bridgehead atoms. The molecule has 0 aliphatic carbocycles. The molecule has 3 heterocycles. The van der Waals surface area contributed by atoms with E-state index >= 15 is 0 Å². The normalized spacial score (nSPS) is 10.9. The number of nitrogens with one attached hydrogen (secondary N) is 1. The third-order valence-electron chi connectivity index (χ3n) is 1.96. The summed E-state index contributed by atoms with van der Waals surface area (Å²) in [4.78, 5) is 15.6. The Bertz CT molecular complexity index is 555. The minimum Gasteiger partial charge on any atom is -0.328 e. The van der Waals surface area contributed by atoms with Gasteiger partial charge in [0.15, 0.2) is 11.3 Å². The Hall–Kier alpha value is -1.75. The Morgan fingerprint density at radius 3 is 3.14 bits per heavy atom. The fourth-order valence-electron chi connectivity index (χ4n) is 1.28. The summed E-state index contributed by atoms with van der Waals surface area (Å²) < 4.78 is 0. The van der Waals surface area contributed by atoms with Crippen LogP contribution in [0.5, 0.6) is 0 Å². The minimum atomic E-state index is 0.656. The molecule has 68 valence electrons. The third-order valence-corrected chi connectivity index (χ3v) is 2.64. The first-order valence-electron chi connectivity index (χ1n) is 4.12. The summed E-state index contributed by atoms with van der Waals surface area (Å²) in [7, 11) is 0. The molecule has 0 aliphatic heterocycles. The Balaban J connectivity index is 2.23. The van der Waals surface area contributed by atoms with Gasteiger partial charge in [0.05, 0.1) is 18.2 Å². The second kappa shape index (κ2) is 2.88. The van der Waals surface area contributed by atoms with Gasteiger partial charge in [-0.1, -0.05) is 0 Å². The fourth-order valence-corrected chi connectivity index (χ4v) is 1.93. The largest absolute Gasteiger partial charge is 0.328 e. The molecule has 0 unspecified atom stereocenters. The standard InChI is InChI=1S/C9H6N4S/c1-2-14-4-6(1)7-3-10-8-9(13-7)12-5-11-8/h1-5H,(H,10,11,12,13). The van der Waals surface area contributed by atoms with Crippen molar-refractivity contribution in [3.63, 3.8) is 0 Å². The van der Waals surface area contributed by atoms with Crippen molar-refractivity contribution >= 4 is 22.6 Å². The average molecular weight is 202 g/mol. The summed E-state index contributed by atoms with van der Waals surface area (Å²) >= 11 is 1.65. The van der Waals surface area contributed by atoms with Crippen LogP contribution in [0.1, 0.15) is 0 Å². The molecular weight excluding hydrogens is 196 g/mol. The maximum atomic E-state index is 4.40. The lowest BCUT2D eigenvalue weighted by Crippen LogP contribution is -1.85. The number of nitrogens with zero attached hydrogens (tertiary/aromatic N) is 3. The molecule has 0 saturated carbocycles. The zero-order chi connectivity index (χ0) is 9.38. The lowest BCUT2D eigenvalue weighted by Gasteiger charge is -1.94. The van der Waals surface area contributed by atoms with Gasteiger partial charge in [0.2, 0.25) is 0 Å². The van der Waals surface area contributed by atoms with Crippen LogP contribution in [-0.2, 0) is 0 Å². The van der Waals surface area contributed by atoms with E-state index in [-0.39, 0.29) is 0 Å². The number of imidazole rings is 1. The molecule has 0 spiro atoms. The van der Waals surface area contributed by atoms with E-state index in [9.17, 15) is 0 Å². The van der Waals surface area contributed by atoms with E-state index in [2.05, 4.69) is 19.9 Å². The lowest BCUT2D eigenvalue weighted by atomic mass is 10.2. The predicted octanol–water partition coefficient (Wildman–Crippen LogP) is 2.08. The van der Waals surface area contributed by atoms with Gasteiger partial charge >= 0.3 is 0 Å². The molecule has 4 nitrogen and oxygen atoms in total. The van der Waals surface area contributed by atoms with E-state index < -0.39 is 0 Å². The van der Waals surface area contributed by atoms with Crippen LogP contribution in [0, 0.1) is 0 Å². The SMILES string of the molecule is c1nc2ncc(-c3ccsc3)nc2[nH]1. The number of fused-ring (bicyclic) bond motifs is 1. The molecular formula is C9H6N4S. The lowest BCUT2D eigenvalue weighted by molar-refractivity contribution is 1.26. The number of thiophene rings is 1. The van der Waals surface area contributed by atoms with E-state index in [0.29, 0.717) is 5.65 Å². The molecule has 3 aromatic rings. The van der Waals surface area contributed by atoms with Crippen molar-refractivity contribution in [1.82, 2.24) is 19.9 Å². The van der Waals surface area contributed by atoms with Crippen molar-refractivity contribution in [1.29, 1.82) is 0 Å². The number of H-pyrrole nitrogens is 1. The van der Waals surface area contributed by atoms with Crippen LogP contribution < -0.4 is 0 Å². The molecule has 0 aromatic carbocycles. The molecule has 5 heteroatoms. The van der Waals surface area contributed by atoms with E-state index in [1.165, 1.54) is 0 Å². The van der Waals surface area contributed by atoms with E-state index in [1.807, 2.05) is 16.8 Å². The van der Waals surface area contributed by atoms with Gasteiger partial charge in [-0.3, -0.25) is 0 Å². The first-order chi connectivity index (χ1) is 6.93. The van der Waals surface area contributed by atoms with E-state index in [1.54, 1.807) is 23.9 Å². The number of hydrogen-bond acceptors (Lipinski definition) is 4. The molecule has 0 radical (unpaired) electrons. The van der Waals surface area contributed by atoms with Gasteiger partial charge < -0.3 is 4.98 Å². The van der Waals surface area contributed by atoms with Crippen molar-refractivity contribution < 1.29 is 0 Å². The molecule has 0 fully saturated rings. The van der Waals surface area contributed by atoms with Crippen LogP contribution in [0.15, 0.2) is 29.4 Å². The van der Waals surface area contributed by atoms with Gasteiger partial charge in [0, 0.05) is 10.9 Å². The van der Waals surface area contributed by atoms with E-state index in [0.717, 1.165) is 16.9 Å². The highest BCUT2D eigenvalue weighted by atomic mass is 32.1. The predicted molar refractivity (Wildman–Crippen MR) is 55.0 cm³/mol. The highest BCUT2D eigenvalue weighted by Crippen LogP contribution is 2.19. The fraction of sp³-hybridized carbons (Fsp3) is 0. The van der Waals surface area contributed by atoms with Gasteiger partial charge in [-0.25, -0.2) is 15.0 Å². The van der Waals surface area contributed by atoms with Gasteiger partial charge in [-0.15, -0.1) is 0 Å². The Labute approximate surface area is 83.7 Å². The number of aromatic nitrogens is 4. The maximum absolute atomic E-state index is 4.40. The number of hydrogen-bond donors (Lipinski definition) is 1. The molecule has 0 saturated heterocycles. The molecule has 0 atom stereocenters. The van der Waals surface area contributed by atoms with Crippen LogP contribution in [0.2, 0.25) is 0 Å². The molecule has 1 N–H and O–H groups in total. The monoisotopic (exact) mass is 202 g/mol. The first kappa shape index (κ1) is 7.64. The van der Waals surface area contributed by atoms with Crippen LogP contribution in [0.3, 0.4) is 0 Å². The number of aromatic amines is 1. The van der Waals surface area contributed by atoms with Crippen molar-refractivity contribution in [3.8, 4) is 11.3 Å². The topological polar surface area (TPSA) is 54.5 Å². The maximum Gasteiger partial charge on any atom is 0.197 e. The second-order valence-corrected chi connectivity index (χ2v) is 3.62. The highest BCUT2D eigenvalue weighted by molar-refractivity contribution is 7.08.